The highest BCUT2D eigenvalue weighted by Gasteiger charge is 0.638. The lowest BCUT2D eigenvalue weighted by molar-refractivity contribution is -0.0987. The van der Waals surface area contributed by atoms with Crippen LogP contribution in [0.2, 0.25) is 0 Å². The predicted octanol–water partition coefficient (Wildman–Crippen LogP) is 0.0520. The van der Waals surface area contributed by atoms with Gasteiger partial charge in [0.2, 0.25) is 0 Å². The minimum atomic E-state index is 0. The topological polar surface area (TPSA) is 34.1 Å². The molecule has 0 spiro atoms. The van der Waals surface area contributed by atoms with Gasteiger partial charge in [0, 0.05) is 0 Å². The van der Waals surface area contributed by atoms with E-state index in [1.165, 1.54) is 0 Å². The Balaban J connectivity index is -0.0000000133. The third kappa shape index (κ3) is 70.4. The van der Waals surface area contributed by atoms with Crippen molar-refractivity contribution >= 4 is 26.0 Å². The van der Waals surface area contributed by atoms with Crippen molar-refractivity contribution in [3.05, 3.63) is 0 Å². The largest absolute Gasteiger partial charge is 0.307 e. The van der Waals surface area contributed by atoms with Gasteiger partial charge in [-0.05, 0) is 0 Å². The van der Waals surface area contributed by atoms with E-state index >= 15 is 0 Å². The van der Waals surface area contributed by atoms with E-state index in [2.05, 4.69) is 0 Å². The maximum absolute atomic E-state index is 8.00. The molecule has 0 heterocycles. The van der Waals surface area contributed by atoms with Crippen molar-refractivity contribution in [2.45, 2.75) is 0 Å². The summed E-state index contributed by atoms with van der Waals surface area (Å²) in [5.74, 6) is 0. The van der Waals surface area contributed by atoms with Crippen molar-refractivity contribution < 1.29 is 9.59 Å². The molecule has 0 aliphatic rings. The van der Waals surface area contributed by atoms with Crippen LogP contribution in [0, 0.1) is 0 Å². The lowest BCUT2D eigenvalue weighted by atomic mass is 11.9. The van der Waals surface area contributed by atoms with Crippen LogP contribution >= 0.6 is 12.4 Å². The first-order valence-electron chi connectivity index (χ1n) is 0.577. The van der Waals surface area contributed by atoms with Crippen molar-refractivity contribution in [3.63, 3.8) is 0 Å². The van der Waals surface area contributed by atoms with Crippen LogP contribution in [0.5, 0.6) is 0 Å². The molecular weight excluding hydrogens is 91.5 g/mol. The Kier molecular flexibility index (Phi) is 842. The predicted molar refractivity (Wildman–Crippen MR) is 21.5 cm³/mol. The van der Waals surface area contributed by atoms with Crippen LogP contribution in [0.4, 0.5) is 0 Å². The van der Waals surface area contributed by atoms with Gasteiger partial charge < -0.3 is 9.59 Å². The fourth-order valence-electron chi connectivity index (χ4n) is 0. The second kappa shape index (κ2) is 183. The van der Waals surface area contributed by atoms with Gasteiger partial charge in [0.15, 0.2) is 0 Å². The standard InChI is InChI=1S/2CH2O.ClH/c2*1-2;/h2*1H2;1H. The number of rotatable bonds is 0. The van der Waals surface area contributed by atoms with Crippen LogP contribution < -0.4 is 0 Å². The molecule has 0 atom stereocenters. The summed E-state index contributed by atoms with van der Waals surface area (Å²) in [7, 11) is 0. The molecule has 0 saturated heterocycles. The molecule has 3 heteroatoms. The summed E-state index contributed by atoms with van der Waals surface area (Å²) in [6.07, 6.45) is 0. The molecule has 0 amide bonds. The van der Waals surface area contributed by atoms with Crippen molar-refractivity contribution in [3.8, 4) is 0 Å². The number of hydrogen-bond acceptors (Lipinski definition) is 2. The zero-order chi connectivity index (χ0) is 4.00. The number of halogens is 1. The monoisotopic (exact) mass is 96.0 g/mol. The van der Waals surface area contributed by atoms with E-state index in [9.17, 15) is 0 Å². The molecule has 5 heavy (non-hydrogen) atoms. The molecule has 0 aliphatic heterocycles. The summed E-state index contributed by atoms with van der Waals surface area (Å²) < 4.78 is 0. The minimum absolute atomic E-state index is 0. The molecule has 0 aliphatic carbocycles. The third-order valence-corrected chi connectivity index (χ3v) is 0. The highest BCUT2D eigenvalue weighted by atomic mass is 35.5. The Morgan fingerprint density at radius 3 is 0.800 bits per heavy atom. The van der Waals surface area contributed by atoms with Gasteiger partial charge in [0.05, 0.1) is 0 Å². The molecule has 0 unspecified atom stereocenters. The van der Waals surface area contributed by atoms with E-state index in [-0.39, 0.29) is 12.4 Å². The fourth-order valence-corrected chi connectivity index (χ4v) is 0. The van der Waals surface area contributed by atoms with Gasteiger partial charge in [-0.3, -0.25) is 0 Å². The van der Waals surface area contributed by atoms with Crippen LogP contribution in [-0.2, 0) is 9.59 Å². The molecule has 0 aromatic heterocycles. The maximum atomic E-state index is 8.00. The summed E-state index contributed by atoms with van der Waals surface area (Å²) in [5, 5.41) is 0. The van der Waals surface area contributed by atoms with E-state index in [1.807, 2.05) is 13.6 Å². The molecule has 0 aromatic carbocycles. The first-order chi connectivity index (χ1) is 2.00. The second-order valence-electron chi connectivity index (χ2n) is 0. The molecule has 0 N–H and O–H groups in total. The maximum Gasteiger partial charge on any atom is 0.106 e. The molecule has 32 valence electrons. The molecule has 0 bridgehead atoms. The Morgan fingerprint density at radius 1 is 0.800 bits per heavy atom. The van der Waals surface area contributed by atoms with Crippen molar-refractivity contribution in [2.75, 3.05) is 0 Å². The van der Waals surface area contributed by atoms with Gasteiger partial charge in [-0.2, -0.15) is 0 Å². The quantitative estimate of drug-likeness (QED) is 0.427. The summed E-state index contributed by atoms with van der Waals surface area (Å²) in [6, 6.07) is 0. The lowest BCUT2D eigenvalue weighted by Gasteiger charge is -0.837. The van der Waals surface area contributed by atoms with Gasteiger partial charge in [-0.1, -0.05) is 0 Å². The second-order valence-corrected chi connectivity index (χ2v) is 0. The van der Waals surface area contributed by atoms with E-state index in [0.717, 1.165) is 0 Å². The lowest BCUT2D eigenvalue weighted by Crippen LogP contribution is -0.925. The number of carbonyl (C=O) groups is 2. The molecule has 0 rings (SSSR count). The Bertz CT molecular complexity index is 9.61. The molecule has 0 aromatic rings. The average molecular weight is 96.5 g/mol. The highest BCUT2D eigenvalue weighted by molar-refractivity contribution is 5.85. The van der Waals surface area contributed by atoms with E-state index in [4.69, 9.17) is 9.59 Å². The minimum Gasteiger partial charge on any atom is -0.307 e. The summed E-state index contributed by atoms with van der Waals surface area (Å²) in [5.41, 5.74) is 0. The fraction of sp³-hybridized carbons (Fsp3) is 0. The number of carbonyl (C=O) groups excluding carboxylic acids is 2. The average Bonchev–Trinajstić information content (AvgIpc) is 1.50. The zero-order valence-electron chi connectivity index (χ0n) is 2.64. The summed E-state index contributed by atoms with van der Waals surface area (Å²) in [4.78, 5) is 16.0. The van der Waals surface area contributed by atoms with Crippen molar-refractivity contribution in [2.24, 2.45) is 0 Å². The van der Waals surface area contributed by atoms with Gasteiger partial charge in [-0.25, -0.2) is 0 Å². The van der Waals surface area contributed by atoms with Crippen molar-refractivity contribution in [1.82, 2.24) is 0 Å². The van der Waals surface area contributed by atoms with Crippen LogP contribution in [-0.4, -0.2) is 13.6 Å². The SMILES string of the molecule is C=O.C=O.Cl. The van der Waals surface area contributed by atoms with Crippen molar-refractivity contribution in [1.29, 1.82) is 0 Å². The van der Waals surface area contributed by atoms with Gasteiger partial charge in [0.25, 0.3) is 0 Å². The smallest absolute Gasteiger partial charge is 0.106 e. The van der Waals surface area contributed by atoms with Crippen LogP contribution in [0.3, 0.4) is 0 Å². The highest BCUT2D eigenvalue weighted by Crippen LogP contribution is 0.690. The number of hydrogen-bond donors (Lipinski definition) is 0. The van der Waals surface area contributed by atoms with Crippen LogP contribution in [0.25, 0.3) is 0 Å². The van der Waals surface area contributed by atoms with E-state index in [0.29, 0.717) is 0 Å². The molecule has 2 nitrogen and oxygen atoms in total. The van der Waals surface area contributed by atoms with E-state index in [1.54, 1.807) is 0 Å². The Morgan fingerprint density at radius 2 is 0.800 bits per heavy atom. The van der Waals surface area contributed by atoms with Crippen LogP contribution in [0.1, 0.15) is 0 Å². The van der Waals surface area contributed by atoms with Gasteiger partial charge >= 0.3 is 0 Å². The van der Waals surface area contributed by atoms with Gasteiger partial charge in [-0.15, -0.1) is 12.4 Å². The zero-order valence-corrected chi connectivity index (χ0v) is 3.46. The first kappa shape index (κ1) is 23.0. The third-order valence-electron chi connectivity index (χ3n) is 0. The Hall–Kier alpha value is -0.370. The molecule has 0 saturated carbocycles. The molecule has 0 radical (unpaired) electrons. The summed E-state index contributed by atoms with van der Waals surface area (Å²) >= 11 is 0. The van der Waals surface area contributed by atoms with Crippen LogP contribution in [0.15, 0.2) is 0 Å². The van der Waals surface area contributed by atoms with Gasteiger partial charge in [0.1, 0.15) is 13.6 Å². The normalized spacial score (nSPS) is 1.60. The molecular formula is C2H5ClO2. The Labute approximate surface area is 36.6 Å². The van der Waals surface area contributed by atoms with E-state index < -0.39 is 0 Å². The molecule has 0 fully saturated rings. The summed E-state index contributed by atoms with van der Waals surface area (Å²) in [6.45, 7) is 4.00. The first-order valence-corrected chi connectivity index (χ1v) is 0.577.